The molecule has 0 bridgehead atoms. The quantitative estimate of drug-likeness (QED) is 0.433. The summed E-state index contributed by atoms with van der Waals surface area (Å²) in [7, 11) is 0. The third-order valence-electron chi connectivity index (χ3n) is 4.53. The fraction of sp³-hybridized carbons (Fsp3) is 0.481. The Balaban J connectivity index is 1.93. The van der Waals surface area contributed by atoms with Gasteiger partial charge in [0, 0.05) is 0 Å². The van der Waals surface area contributed by atoms with Crippen molar-refractivity contribution in [3.05, 3.63) is 60.2 Å². The second-order valence-electron chi connectivity index (χ2n) is 9.96. The van der Waals surface area contributed by atoms with Gasteiger partial charge in [-0.2, -0.15) is 0 Å². The average Bonchev–Trinajstić information content (AvgIpc) is 2.70. The molecule has 33 heavy (non-hydrogen) atoms. The molecule has 0 aliphatic rings. The molecule has 0 saturated heterocycles. The lowest BCUT2D eigenvalue weighted by atomic mass is 10.0. The van der Waals surface area contributed by atoms with Crippen molar-refractivity contribution in [1.29, 1.82) is 0 Å². The van der Waals surface area contributed by atoms with Gasteiger partial charge in [-0.15, -0.1) is 0 Å². The second kappa shape index (κ2) is 11.4. The topological polar surface area (TPSA) is 82.1 Å². The van der Waals surface area contributed by atoms with Crippen molar-refractivity contribution in [3.63, 3.8) is 0 Å². The zero-order valence-electron chi connectivity index (χ0n) is 20.5. The molecule has 0 aliphatic heterocycles. The Labute approximate surface area is 196 Å². The molecular weight excluding hydrogens is 420 g/mol. The Morgan fingerprint density at radius 1 is 0.879 bits per heavy atom. The van der Waals surface area contributed by atoms with Gasteiger partial charge >= 0.3 is 11.9 Å². The minimum absolute atomic E-state index is 0.0431. The number of fused-ring (bicyclic) bond motifs is 1. The van der Waals surface area contributed by atoms with Crippen LogP contribution >= 0.6 is 0 Å². The molecule has 0 aliphatic carbocycles. The van der Waals surface area contributed by atoms with Crippen molar-refractivity contribution >= 4 is 22.7 Å². The number of aliphatic hydroxyl groups is 1. The number of hydrogen-bond donors (Lipinski definition) is 1. The van der Waals surface area contributed by atoms with E-state index in [0.717, 1.165) is 12.8 Å². The molecule has 0 radical (unpaired) electrons. The van der Waals surface area contributed by atoms with E-state index in [1.54, 1.807) is 47.6 Å². The van der Waals surface area contributed by atoms with Gasteiger partial charge in [0.15, 0.2) is 12.2 Å². The molecule has 2 rings (SSSR count). The van der Waals surface area contributed by atoms with Gasteiger partial charge in [-0.3, -0.25) is 0 Å². The van der Waals surface area contributed by atoms with Gasteiger partial charge in [0.2, 0.25) is 0 Å². The Bertz CT molecular complexity index is 964. The number of ether oxygens (including phenoxy) is 3. The maximum absolute atomic E-state index is 12.5. The van der Waals surface area contributed by atoms with E-state index >= 15 is 0 Å². The van der Waals surface area contributed by atoms with Crippen LogP contribution in [0.5, 0.6) is 0 Å². The van der Waals surface area contributed by atoms with Gasteiger partial charge in [0.25, 0.3) is 0 Å². The van der Waals surface area contributed by atoms with Crippen LogP contribution in [0.25, 0.3) is 10.8 Å². The van der Waals surface area contributed by atoms with E-state index in [0.29, 0.717) is 0 Å². The highest BCUT2D eigenvalue weighted by atomic mass is 16.6. The van der Waals surface area contributed by atoms with Gasteiger partial charge in [0.05, 0.1) is 6.61 Å². The average molecular weight is 457 g/mol. The minimum atomic E-state index is -1.79. The van der Waals surface area contributed by atoms with Crippen LogP contribution in [0.2, 0.25) is 0 Å². The highest BCUT2D eigenvalue weighted by molar-refractivity contribution is 5.86. The van der Waals surface area contributed by atoms with E-state index in [1.807, 2.05) is 18.2 Å². The Hall–Kier alpha value is -2.70. The number of esters is 2. The fourth-order valence-electron chi connectivity index (χ4n) is 3.12. The summed E-state index contributed by atoms with van der Waals surface area (Å²) in [5.41, 5.74) is -0.368. The molecule has 0 spiro atoms. The highest BCUT2D eigenvalue weighted by Crippen LogP contribution is 2.18. The van der Waals surface area contributed by atoms with Crippen molar-refractivity contribution in [2.45, 2.75) is 77.8 Å². The zero-order chi connectivity index (χ0) is 24.6. The van der Waals surface area contributed by atoms with Crippen LogP contribution in [0, 0.1) is 0 Å². The van der Waals surface area contributed by atoms with Crippen molar-refractivity contribution in [3.8, 4) is 0 Å². The van der Waals surface area contributed by atoms with Crippen molar-refractivity contribution in [2.24, 2.45) is 0 Å². The van der Waals surface area contributed by atoms with Crippen molar-refractivity contribution in [2.75, 3.05) is 6.61 Å². The molecule has 0 aromatic heterocycles. The predicted octanol–water partition coefficient (Wildman–Crippen LogP) is 4.76. The molecule has 0 unspecified atom stereocenters. The summed E-state index contributed by atoms with van der Waals surface area (Å²) in [4.78, 5) is 24.8. The smallest absolute Gasteiger partial charge is 0.339 e. The van der Waals surface area contributed by atoms with Gasteiger partial charge in [-0.1, -0.05) is 54.6 Å². The maximum atomic E-state index is 12.5. The van der Waals surface area contributed by atoms with Crippen LogP contribution in [0.15, 0.2) is 54.6 Å². The lowest BCUT2D eigenvalue weighted by molar-refractivity contribution is -0.189. The Morgan fingerprint density at radius 2 is 1.48 bits per heavy atom. The molecule has 180 valence electrons. The summed E-state index contributed by atoms with van der Waals surface area (Å²) in [5.74, 6) is -1.75. The molecule has 0 saturated carbocycles. The number of carbonyl (C=O) groups excluding carboxylic acids is 2. The number of aliphatic hydroxyl groups excluding tert-OH is 1. The first-order valence-corrected chi connectivity index (χ1v) is 11.2. The van der Waals surface area contributed by atoms with Crippen LogP contribution in [0.3, 0.4) is 0 Å². The van der Waals surface area contributed by atoms with Crippen molar-refractivity contribution < 1.29 is 28.9 Å². The summed E-state index contributed by atoms with van der Waals surface area (Å²) >= 11 is 0. The molecule has 0 amide bonds. The van der Waals surface area contributed by atoms with Gasteiger partial charge < -0.3 is 19.3 Å². The monoisotopic (exact) mass is 456 g/mol. The lowest BCUT2D eigenvalue weighted by Crippen LogP contribution is -2.47. The van der Waals surface area contributed by atoms with Gasteiger partial charge in [0.1, 0.15) is 11.2 Å². The third-order valence-corrected chi connectivity index (χ3v) is 4.53. The van der Waals surface area contributed by atoms with E-state index in [4.69, 9.17) is 14.2 Å². The van der Waals surface area contributed by atoms with Gasteiger partial charge in [-0.25, -0.2) is 9.59 Å². The maximum Gasteiger partial charge on any atom is 0.339 e. The van der Waals surface area contributed by atoms with Crippen LogP contribution in [-0.4, -0.2) is 47.1 Å². The normalized spacial score (nSPS) is 14.3. The molecule has 0 heterocycles. The summed E-state index contributed by atoms with van der Waals surface area (Å²) in [6.45, 7) is 10.2. The number of carbonyl (C=O) groups is 2. The standard InChI is InChI=1S/C27H36O6/c1-26(2,3)32-24(29)22(28)23(25(30)33-27(4,5)6)31-17-11-7-8-12-19-15-16-20-13-9-10-14-21(20)18-19/h7,9-11,13-16,18,22-23,28H,8,12,17H2,1-6H3/t22-,23-/m1/s1. The molecular formula is C27H36O6. The number of rotatable bonds is 9. The first-order valence-electron chi connectivity index (χ1n) is 11.2. The molecule has 2 aromatic rings. The van der Waals surface area contributed by atoms with E-state index in [-0.39, 0.29) is 6.61 Å². The Kier molecular flexibility index (Phi) is 9.20. The summed E-state index contributed by atoms with van der Waals surface area (Å²) < 4.78 is 16.1. The van der Waals surface area contributed by atoms with Crippen LogP contribution in [0.4, 0.5) is 0 Å². The lowest BCUT2D eigenvalue weighted by Gasteiger charge is -2.27. The number of aryl methyl sites for hydroxylation is 1. The highest BCUT2D eigenvalue weighted by Gasteiger charge is 2.38. The fourth-order valence-corrected chi connectivity index (χ4v) is 3.12. The SMILES string of the molecule is CC(C)(C)OC(=O)[C@H](O)[C@@H](OCC=CCCc1ccc2ccccc2c1)C(=O)OC(C)(C)C. The minimum Gasteiger partial charge on any atom is -0.458 e. The van der Waals surface area contributed by atoms with E-state index in [1.165, 1.54) is 16.3 Å². The molecule has 0 fully saturated rings. The van der Waals surface area contributed by atoms with Crippen molar-refractivity contribution in [1.82, 2.24) is 0 Å². The molecule has 2 aromatic carbocycles. The summed E-state index contributed by atoms with van der Waals surface area (Å²) in [6, 6.07) is 14.6. The predicted molar refractivity (Wildman–Crippen MR) is 129 cm³/mol. The summed E-state index contributed by atoms with van der Waals surface area (Å²) in [6.07, 6.45) is 2.08. The Morgan fingerprint density at radius 3 is 2.12 bits per heavy atom. The largest absolute Gasteiger partial charge is 0.458 e. The first kappa shape index (κ1) is 26.6. The number of benzene rings is 2. The second-order valence-corrected chi connectivity index (χ2v) is 9.96. The third kappa shape index (κ3) is 9.36. The first-order chi connectivity index (χ1) is 15.4. The summed E-state index contributed by atoms with van der Waals surface area (Å²) in [5, 5.41) is 12.8. The number of hydrogen-bond acceptors (Lipinski definition) is 6. The van der Waals surface area contributed by atoms with Crippen LogP contribution in [0.1, 0.15) is 53.5 Å². The number of allylic oxidation sites excluding steroid dienone is 1. The van der Waals surface area contributed by atoms with Crippen LogP contribution < -0.4 is 0 Å². The van der Waals surface area contributed by atoms with Crippen LogP contribution in [-0.2, 0) is 30.2 Å². The van der Waals surface area contributed by atoms with E-state index in [9.17, 15) is 14.7 Å². The molecule has 6 heteroatoms. The molecule has 1 N–H and O–H groups in total. The molecule has 6 nitrogen and oxygen atoms in total. The van der Waals surface area contributed by atoms with Gasteiger partial charge in [-0.05, 0) is 70.7 Å². The van der Waals surface area contributed by atoms with E-state index < -0.39 is 35.3 Å². The van der Waals surface area contributed by atoms with E-state index in [2.05, 4.69) is 30.3 Å². The zero-order valence-corrected chi connectivity index (χ0v) is 20.5. The molecule has 2 atom stereocenters.